The number of nitrogens with one attached hydrogen (secondary N) is 1. The molecule has 11 nitrogen and oxygen atoms in total. The number of carboxylic acids is 1. The first-order valence-electron chi connectivity index (χ1n) is 7.10. The van der Waals surface area contributed by atoms with Crippen LogP contribution in [-0.4, -0.2) is 92.2 Å². The van der Waals surface area contributed by atoms with Gasteiger partial charge in [-0.15, -0.1) is 0 Å². The highest BCUT2D eigenvalue weighted by molar-refractivity contribution is 5.75. The van der Waals surface area contributed by atoms with Crippen molar-refractivity contribution in [3.05, 3.63) is 0 Å². The van der Waals surface area contributed by atoms with Gasteiger partial charge in [0.25, 0.3) is 0 Å². The fourth-order valence-corrected chi connectivity index (χ4v) is 2.33. The van der Waals surface area contributed by atoms with Crippen LogP contribution < -0.4 is 11.5 Å². The van der Waals surface area contributed by atoms with Crippen molar-refractivity contribution in [2.45, 2.75) is 49.5 Å². The molecule has 1 saturated heterocycles. The molecule has 1 rings (SSSR count). The lowest BCUT2D eigenvalue weighted by molar-refractivity contribution is -0.255. The Labute approximate surface area is 132 Å². The van der Waals surface area contributed by atoms with Gasteiger partial charge in [-0.05, 0) is 12.8 Å². The molecule has 1 unspecified atom stereocenters. The van der Waals surface area contributed by atoms with Crippen molar-refractivity contribution in [2.75, 3.05) is 13.2 Å². The molecule has 0 bridgehead atoms. The van der Waals surface area contributed by atoms with E-state index < -0.39 is 55.2 Å². The summed E-state index contributed by atoms with van der Waals surface area (Å²) in [6, 6.07) is -1.07. The van der Waals surface area contributed by atoms with Gasteiger partial charge in [0.15, 0.2) is 12.2 Å². The molecule has 10 N–H and O–H groups in total. The summed E-state index contributed by atoms with van der Waals surface area (Å²) < 4.78 is 5.31. The van der Waals surface area contributed by atoms with Crippen LogP contribution in [0.4, 0.5) is 0 Å². The highest BCUT2D eigenvalue weighted by Crippen LogP contribution is 2.23. The van der Waals surface area contributed by atoms with Gasteiger partial charge >= 0.3 is 5.97 Å². The monoisotopic (exact) mass is 336 g/mol. The summed E-state index contributed by atoms with van der Waals surface area (Å²) in [6.07, 6.45) is -6.71. The maximum absolute atomic E-state index is 10.7. The third-order valence-electron chi connectivity index (χ3n) is 3.72. The first kappa shape index (κ1) is 19.5. The van der Waals surface area contributed by atoms with Gasteiger partial charge in [-0.1, -0.05) is 0 Å². The molecule has 0 amide bonds. The van der Waals surface area contributed by atoms with E-state index in [2.05, 4.69) is 0 Å². The zero-order valence-electron chi connectivity index (χ0n) is 12.4. The van der Waals surface area contributed by atoms with Crippen molar-refractivity contribution in [3.63, 3.8) is 0 Å². The number of carbonyl (C=O) groups is 1. The molecular formula is C12H24N4O7. The highest BCUT2D eigenvalue weighted by atomic mass is 16.6. The van der Waals surface area contributed by atoms with Gasteiger partial charge in [-0.2, -0.15) is 0 Å². The lowest BCUT2D eigenvalue weighted by Gasteiger charge is -2.44. The number of rotatable bonds is 7. The standard InChI is InChI=1S/C12H24N4O7/c13-5(11(21)22)2-1-3-16(12(14)15)10-9(20)8(19)7(18)6(4-17)23-10/h5-10,17-20H,1-4,13H2,(H3,14,15)(H,21,22)/t5-,6+,7+,8-,9+,10?/m0/s1. The predicted molar refractivity (Wildman–Crippen MR) is 77.2 cm³/mol. The van der Waals surface area contributed by atoms with Crippen molar-refractivity contribution in [2.24, 2.45) is 11.5 Å². The average Bonchev–Trinajstić information content (AvgIpc) is 2.49. The molecule has 1 fully saturated rings. The van der Waals surface area contributed by atoms with Crippen LogP contribution in [0.15, 0.2) is 0 Å². The molecule has 0 radical (unpaired) electrons. The van der Waals surface area contributed by atoms with Crippen LogP contribution in [0.2, 0.25) is 0 Å². The maximum Gasteiger partial charge on any atom is 0.320 e. The minimum absolute atomic E-state index is 0.0407. The van der Waals surface area contributed by atoms with E-state index in [-0.39, 0.29) is 19.4 Å². The van der Waals surface area contributed by atoms with Gasteiger partial charge in [-0.3, -0.25) is 10.2 Å². The van der Waals surface area contributed by atoms with Crippen LogP contribution in [0.25, 0.3) is 0 Å². The number of hydrogen-bond acceptors (Lipinski definition) is 8. The topological polar surface area (TPSA) is 207 Å². The third-order valence-corrected chi connectivity index (χ3v) is 3.72. The smallest absolute Gasteiger partial charge is 0.320 e. The number of aliphatic carboxylic acids is 1. The number of carboxylic acid groups (broad SMARTS) is 1. The van der Waals surface area contributed by atoms with Crippen LogP contribution in [0.5, 0.6) is 0 Å². The van der Waals surface area contributed by atoms with Gasteiger partial charge in [0.05, 0.1) is 6.61 Å². The van der Waals surface area contributed by atoms with Gasteiger partial charge in [-0.25, -0.2) is 0 Å². The Bertz CT molecular complexity index is 422. The number of aliphatic hydroxyl groups is 4. The molecule has 1 aliphatic heterocycles. The lowest BCUT2D eigenvalue weighted by atomic mass is 9.97. The number of ether oxygens (including phenoxy) is 1. The van der Waals surface area contributed by atoms with Gasteiger partial charge in [0.1, 0.15) is 30.5 Å². The molecule has 0 aromatic heterocycles. The molecule has 6 atom stereocenters. The van der Waals surface area contributed by atoms with Crippen LogP contribution in [0.1, 0.15) is 12.8 Å². The van der Waals surface area contributed by atoms with E-state index in [4.69, 9.17) is 31.8 Å². The zero-order chi connectivity index (χ0) is 17.7. The summed E-state index contributed by atoms with van der Waals surface area (Å²) in [6.45, 7) is -0.559. The summed E-state index contributed by atoms with van der Waals surface area (Å²) in [5.41, 5.74) is 10.8. The molecule has 0 saturated carbocycles. The Hall–Kier alpha value is -1.50. The van der Waals surface area contributed by atoms with Crippen LogP contribution in [-0.2, 0) is 9.53 Å². The van der Waals surface area contributed by atoms with Gasteiger partial charge in [0, 0.05) is 6.54 Å². The van der Waals surface area contributed by atoms with E-state index in [1.165, 1.54) is 0 Å². The van der Waals surface area contributed by atoms with Crippen LogP contribution >= 0.6 is 0 Å². The number of nitrogens with two attached hydrogens (primary N) is 2. The normalized spacial score (nSPS) is 32.3. The summed E-state index contributed by atoms with van der Waals surface area (Å²) >= 11 is 0. The fraction of sp³-hybridized carbons (Fsp3) is 0.833. The van der Waals surface area contributed by atoms with Crippen molar-refractivity contribution in [1.29, 1.82) is 5.41 Å². The molecule has 23 heavy (non-hydrogen) atoms. The SMILES string of the molecule is N=C(N)N(CCC[C@H](N)C(=O)O)C1O[C@H](CO)[C@@H](O)[C@H](O)[C@H]1O. The molecule has 0 aliphatic carbocycles. The second-order valence-corrected chi connectivity index (χ2v) is 5.39. The largest absolute Gasteiger partial charge is 0.480 e. The first-order valence-corrected chi connectivity index (χ1v) is 7.10. The number of aliphatic hydroxyl groups excluding tert-OH is 4. The van der Waals surface area contributed by atoms with Gasteiger partial charge < -0.3 is 46.6 Å². The number of nitrogens with zero attached hydrogens (tertiary/aromatic N) is 1. The highest BCUT2D eigenvalue weighted by Gasteiger charge is 2.46. The predicted octanol–water partition coefficient (Wildman–Crippen LogP) is -3.83. The van der Waals surface area contributed by atoms with E-state index in [1.807, 2.05) is 0 Å². The maximum atomic E-state index is 10.7. The molecule has 0 aromatic carbocycles. The number of hydrogen-bond donors (Lipinski definition) is 8. The fourth-order valence-electron chi connectivity index (χ4n) is 2.33. The quantitative estimate of drug-likeness (QED) is 0.168. The van der Waals surface area contributed by atoms with E-state index in [0.29, 0.717) is 0 Å². The molecular weight excluding hydrogens is 312 g/mol. The zero-order valence-corrected chi connectivity index (χ0v) is 12.4. The van der Waals surface area contributed by atoms with Crippen molar-refractivity contribution in [3.8, 4) is 0 Å². The Morgan fingerprint density at radius 1 is 1.26 bits per heavy atom. The van der Waals surface area contributed by atoms with Crippen LogP contribution in [0, 0.1) is 5.41 Å². The molecule has 134 valence electrons. The summed E-state index contributed by atoms with van der Waals surface area (Å²) in [5.74, 6) is -1.63. The Morgan fingerprint density at radius 3 is 2.35 bits per heavy atom. The molecule has 1 heterocycles. The van der Waals surface area contributed by atoms with E-state index in [1.54, 1.807) is 0 Å². The van der Waals surface area contributed by atoms with E-state index in [9.17, 15) is 20.1 Å². The molecule has 0 spiro atoms. The molecule has 1 aliphatic rings. The second-order valence-electron chi connectivity index (χ2n) is 5.39. The van der Waals surface area contributed by atoms with Crippen molar-refractivity contribution >= 4 is 11.9 Å². The second kappa shape index (κ2) is 8.38. The average molecular weight is 336 g/mol. The minimum atomic E-state index is -1.59. The molecule has 0 aromatic rings. The minimum Gasteiger partial charge on any atom is -0.480 e. The Balaban J connectivity index is 2.75. The van der Waals surface area contributed by atoms with E-state index in [0.717, 1.165) is 4.90 Å². The van der Waals surface area contributed by atoms with Crippen molar-refractivity contribution < 1.29 is 35.1 Å². The van der Waals surface area contributed by atoms with E-state index >= 15 is 0 Å². The Morgan fingerprint density at radius 2 is 1.87 bits per heavy atom. The number of guanidine groups is 1. The van der Waals surface area contributed by atoms with Crippen molar-refractivity contribution in [1.82, 2.24) is 4.90 Å². The summed E-state index contributed by atoms with van der Waals surface area (Å²) in [7, 11) is 0. The lowest BCUT2D eigenvalue weighted by Crippen LogP contribution is -2.64. The first-order chi connectivity index (χ1) is 10.7. The third kappa shape index (κ3) is 4.73. The van der Waals surface area contributed by atoms with Crippen LogP contribution in [0.3, 0.4) is 0 Å². The summed E-state index contributed by atoms with van der Waals surface area (Å²) in [5, 5.41) is 54.9. The Kier molecular flexibility index (Phi) is 7.12. The summed E-state index contributed by atoms with van der Waals surface area (Å²) in [4.78, 5) is 11.8. The van der Waals surface area contributed by atoms with Gasteiger partial charge in [0.2, 0.25) is 0 Å². The molecule has 11 heteroatoms.